The number of H-pyrrole nitrogens is 1. The summed E-state index contributed by atoms with van der Waals surface area (Å²) in [7, 11) is 0. The van der Waals surface area contributed by atoms with Crippen molar-refractivity contribution in [3.05, 3.63) is 39.9 Å². The maximum Gasteiger partial charge on any atom is 0.258 e. The molecule has 0 spiro atoms. The Labute approximate surface area is 98.6 Å². The van der Waals surface area contributed by atoms with Gasteiger partial charge in [0.15, 0.2) is 0 Å². The fraction of sp³-hybridized carbons (Fsp3) is 0.385. The third-order valence-corrected chi connectivity index (χ3v) is 3.11. The lowest BCUT2D eigenvalue weighted by Crippen LogP contribution is -2.14. The molecule has 3 rings (SSSR count). The topological polar surface area (TPSA) is 55.0 Å². The number of hydrogen-bond donors (Lipinski definition) is 1. The van der Waals surface area contributed by atoms with Gasteiger partial charge in [0.25, 0.3) is 5.56 Å². The van der Waals surface area contributed by atoms with Crippen LogP contribution in [0.4, 0.5) is 0 Å². The third kappa shape index (κ3) is 1.85. The fourth-order valence-electron chi connectivity index (χ4n) is 2.22. The van der Waals surface area contributed by atoms with Crippen LogP contribution in [0.5, 0.6) is 0 Å². The molecule has 0 bridgehead atoms. The molecule has 0 amide bonds. The molecule has 1 aromatic carbocycles. The van der Waals surface area contributed by atoms with Gasteiger partial charge in [0, 0.05) is 6.61 Å². The van der Waals surface area contributed by atoms with Crippen LogP contribution in [0, 0.1) is 6.92 Å². The average Bonchev–Trinajstić information content (AvgIpc) is 2.83. The van der Waals surface area contributed by atoms with E-state index in [-0.39, 0.29) is 11.7 Å². The number of aromatic nitrogens is 2. The normalized spacial score (nSPS) is 19.9. The molecule has 2 heterocycles. The van der Waals surface area contributed by atoms with Crippen molar-refractivity contribution in [2.24, 2.45) is 0 Å². The minimum absolute atomic E-state index is 0.0478. The first-order chi connectivity index (χ1) is 8.24. The van der Waals surface area contributed by atoms with Crippen LogP contribution in [-0.4, -0.2) is 16.6 Å². The number of fused-ring (bicyclic) bond motifs is 1. The summed E-state index contributed by atoms with van der Waals surface area (Å²) in [6, 6.07) is 5.72. The van der Waals surface area contributed by atoms with Crippen LogP contribution in [0.1, 0.15) is 30.3 Å². The Bertz CT molecular complexity index is 612. The lowest BCUT2D eigenvalue weighted by atomic mass is 10.1. The zero-order valence-corrected chi connectivity index (χ0v) is 9.69. The number of hydrogen-bond acceptors (Lipinski definition) is 3. The van der Waals surface area contributed by atoms with Crippen LogP contribution in [0.25, 0.3) is 10.9 Å². The lowest BCUT2D eigenvalue weighted by molar-refractivity contribution is 0.105. The maximum absolute atomic E-state index is 12.0. The molecule has 17 heavy (non-hydrogen) atoms. The Balaban J connectivity index is 2.17. The molecule has 1 fully saturated rings. The molecule has 2 aromatic rings. The highest BCUT2D eigenvalue weighted by molar-refractivity contribution is 5.78. The predicted molar refractivity (Wildman–Crippen MR) is 65.0 cm³/mol. The van der Waals surface area contributed by atoms with E-state index in [0.29, 0.717) is 11.2 Å². The highest BCUT2D eigenvalue weighted by Crippen LogP contribution is 2.25. The van der Waals surface area contributed by atoms with Crippen molar-refractivity contribution in [3.63, 3.8) is 0 Å². The summed E-state index contributed by atoms with van der Waals surface area (Å²) in [5, 5.41) is 0.645. The molecule has 0 radical (unpaired) electrons. The SMILES string of the molecule is Cc1ccc2nc([C@H]3CCCO3)[nH]c(=O)c2c1. The van der Waals surface area contributed by atoms with Crippen LogP contribution in [0.2, 0.25) is 0 Å². The van der Waals surface area contributed by atoms with Crippen molar-refractivity contribution < 1.29 is 4.74 Å². The number of benzene rings is 1. The summed E-state index contributed by atoms with van der Waals surface area (Å²) in [6.07, 6.45) is 1.91. The first-order valence-electron chi connectivity index (χ1n) is 5.86. The van der Waals surface area contributed by atoms with E-state index in [4.69, 9.17) is 4.74 Å². The number of aryl methyl sites for hydroxylation is 1. The maximum atomic E-state index is 12.0. The predicted octanol–water partition coefficient (Wildman–Crippen LogP) is 2.08. The Morgan fingerprint density at radius 1 is 1.47 bits per heavy atom. The second kappa shape index (κ2) is 3.96. The van der Waals surface area contributed by atoms with Crippen LogP contribution < -0.4 is 5.56 Å². The zero-order chi connectivity index (χ0) is 11.8. The lowest BCUT2D eigenvalue weighted by Gasteiger charge is -2.09. The Hall–Kier alpha value is -1.68. The van der Waals surface area contributed by atoms with E-state index in [0.717, 1.165) is 30.5 Å². The van der Waals surface area contributed by atoms with Gasteiger partial charge in [-0.25, -0.2) is 4.98 Å². The minimum Gasteiger partial charge on any atom is -0.370 e. The van der Waals surface area contributed by atoms with Gasteiger partial charge < -0.3 is 9.72 Å². The third-order valence-electron chi connectivity index (χ3n) is 3.11. The van der Waals surface area contributed by atoms with Gasteiger partial charge in [-0.05, 0) is 31.9 Å². The standard InChI is InChI=1S/C13H14N2O2/c1-8-4-5-10-9(7-8)13(16)15-12(14-10)11-3-2-6-17-11/h4-5,7,11H,2-3,6H2,1H3,(H,14,15,16)/t11-/m1/s1. The van der Waals surface area contributed by atoms with Gasteiger partial charge in [0.2, 0.25) is 0 Å². The van der Waals surface area contributed by atoms with Crippen LogP contribution in [0.3, 0.4) is 0 Å². The molecule has 1 aromatic heterocycles. The zero-order valence-electron chi connectivity index (χ0n) is 9.69. The molecule has 4 heteroatoms. The van der Waals surface area contributed by atoms with Crippen molar-refractivity contribution in [2.45, 2.75) is 25.9 Å². The number of nitrogens with one attached hydrogen (secondary N) is 1. The van der Waals surface area contributed by atoms with Crippen molar-refractivity contribution in [1.29, 1.82) is 0 Å². The fourth-order valence-corrected chi connectivity index (χ4v) is 2.22. The number of aromatic amines is 1. The summed E-state index contributed by atoms with van der Waals surface area (Å²) in [6.45, 7) is 2.72. The van der Waals surface area contributed by atoms with E-state index in [1.807, 2.05) is 25.1 Å². The molecule has 1 aliphatic heterocycles. The minimum atomic E-state index is -0.0794. The van der Waals surface area contributed by atoms with E-state index in [2.05, 4.69) is 9.97 Å². The first-order valence-corrected chi connectivity index (χ1v) is 5.86. The van der Waals surface area contributed by atoms with Crippen molar-refractivity contribution in [1.82, 2.24) is 9.97 Å². The number of ether oxygens (including phenoxy) is 1. The molecular weight excluding hydrogens is 216 g/mol. The summed E-state index contributed by atoms with van der Waals surface area (Å²) >= 11 is 0. The van der Waals surface area contributed by atoms with Crippen LogP contribution in [0.15, 0.2) is 23.0 Å². The number of rotatable bonds is 1. The van der Waals surface area contributed by atoms with E-state index in [1.165, 1.54) is 0 Å². The Morgan fingerprint density at radius 3 is 3.12 bits per heavy atom. The van der Waals surface area contributed by atoms with E-state index in [1.54, 1.807) is 0 Å². The highest BCUT2D eigenvalue weighted by Gasteiger charge is 2.20. The molecule has 1 saturated heterocycles. The average molecular weight is 230 g/mol. The molecular formula is C13H14N2O2. The first kappa shape index (κ1) is 10.5. The molecule has 88 valence electrons. The van der Waals surface area contributed by atoms with Gasteiger partial charge in [-0.2, -0.15) is 0 Å². The largest absolute Gasteiger partial charge is 0.370 e. The van der Waals surface area contributed by atoms with Crippen molar-refractivity contribution in [3.8, 4) is 0 Å². The van der Waals surface area contributed by atoms with E-state index in [9.17, 15) is 4.79 Å². The van der Waals surface area contributed by atoms with Crippen LogP contribution in [-0.2, 0) is 4.74 Å². The number of nitrogens with zero attached hydrogens (tertiary/aromatic N) is 1. The molecule has 0 unspecified atom stereocenters. The van der Waals surface area contributed by atoms with E-state index >= 15 is 0 Å². The summed E-state index contributed by atoms with van der Waals surface area (Å²) in [5.74, 6) is 0.656. The molecule has 1 atom stereocenters. The van der Waals surface area contributed by atoms with Gasteiger partial charge in [-0.1, -0.05) is 11.6 Å². The molecule has 1 aliphatic rings. The van der Waals surface area contributed by atoms with Gasteiger partial charge in [-0.3, -0.25) is 4.79 Å². The Morgan fingerprint density at radius 2 is 2.35 bits per heavy atom. The Kier molecular flexibility index (Phi) is 2.44. The van der Waals surface area contributed by atoms with Crippen LogP contribution >= 0.6 is 0 Å². The molecule has 0 aliphatic carbocycles. The van der Waals surface area contributed by atoms with Gasteiger partial charge in [-0.15, -0.1) is 0 Å². The van der Waals surface area contributed by atoms with Gasteiger partial charge >= 0.3 is 0 Å². The molecule has 1 N–H and O–H groups in total. The monoisotopic (exact) mass is 230 g/mol. The smallest absolute Gasteiger partial charge is 0.258 e. The highest BCUT2D eigenvalue weighted by atomic mass is 16.5. The summed E-state index contributed by atoms with van der Waals surface area (Å²) in [5.41, 5.74) is 1.73. The molecule has 4 nitrogen and oxygen atoms in total. The van der Waals surface area contributed by atoms with Crippen molar-refractivity contribution >= 4 is 10.9 Å². The summed E-state index contributed by atoms with van der Waals surface area (Å²) < 4.78 is 5.53. The van der Waals surface area contributed by atoms with Crippen molar-refractivity contribution in [2.75, 3.05) is 6.61 Å². The second-order valence-electron chi connectivity index (χ2n) is 4.47. The molecule has 0 saturated carbocycles. The van der Waals surface area contributed by atoms with Gasteiger partial charge in [0.1, 0.15) is 11.9 Å². The second-order valence-corrected chi connectivity index (χ2v) is 4.47. The quantitative estimate of drug-likeness (QED) is 0.816. The van der Waals surface area contributed by atoms with E-state index < -0.39 is 0 Å². The summed E-state index contributed by atoms with van der Waals surface area (Å²) in [4.78, 5) is 19.3. The van der Waals surface area contributed by atoms with Gasteiger partial charge in [0.05, 0.1) is 10.9 Å².